The molecule has 0 bridgehead atoms. The Bertz CT molecular complexity index is 690. The summed E-state index contributed by atoms with van der Waals surface area (Å²) in [4.78, 5) is 11.8. The monoisotopic (exact) mass is 371 g/mol. The molecule has 0 aliphatic heterocycles. The number of hydrogen-bond donors (Lipinski definition) is 1. The third-order valence-corrected chi connectivity index (χ3v) is 4.20. The van der Waals surface area contributed by atoms with Gasteiger partial charge in [-0.3, -0.25) is 5.21 Å². The summed E-state index contributed by atoms with van der Waals surface area (Å²) in [7, 11) is 0. The van der Waals surface area contributed by atoms with E-state index in [2.05, 4.69) is 0 Å². The molecule has 1 aromatic rings. The zero-order valence-corrected chi connectivity index (χ0v) is 15.2. The van der Waals surface area contributed by atoms with Crippen molar-refractivity contribution in [1.29, 1.82) is 0 Å². The highest BCUT2D eigenvalue weighted by atomic mass is 19.4. The molecule has 1 aliphatic carbocycles. The summed E-state index contributed by atoms with van der Waals surface area (Å²) >= 11 is 0. The van der Waals surface area contributed by atoms with Crippen LogP contribution in [0, 0.1) is 0 Å². The number of ether oxygens (including phenoxy) is 1. The van der Waals surface area contributed by atoms with Crippen molar-refractivity contribution in [1.82, 2.24) is 5.06 Å². The number of carbonyl (C=O) groups is 1. The second-order valence-corrected chi connectivity index (χ2v) is 7.39. The van der Waals surface area contributed by atoms with Crippen LogP contribution in [-0.2, 0) is 17.5 Å². The van der Waals surface area contributed by atoms with Gasteiger partial charge in [-0.05, 0) is 69.2 Å². The minimum atomic E-state index is -4.50. The van der Waals surface area contributed by atoms with Crippen LogP contribution in [-0.4, -0.2) is 21.9 Å². The molecule has 1 N–H and O–H groups in total. The van der Waals surface area contributed by atoms with Gasteiger partial charge in [0.05, 0.1) is 11.1 Å². The van der Waals surface area contributed by atoms with E-state index in [-0.39, 0.29) is 17.7 Å². The van der Waals surface area contributed by atoms with E-state index >= 15 is 0 Å². The number of alkyl halides is 3. The van der Waals surface area contributed by atoms with Crippen molar-refractivity contribution in [3.05, 3.63) is 41.0 Å². The van der Waals surface area contributed by atoms with E-state index in [1.165, 1.54) is 12.1 Å². The van der Waals surface area contributed by atoms with Crippen molar-refractivity contribution in [3.63, 3.8) is 0 Å². The normalized spacial score (nSPS) is 15.4. The van der Waals surface area contributed by atoms with Crippen LogP contribution in [0.2, 0.25) is 0 Å². The van der Waals surface area contributed by atoms with Crippen LogP contribution in [0.1, 0.15) is 63.1 Å². The molecule has 144 valence electrons. The summed E-state index contributed by atoms with van der Waals surface area (Å²) in [5.41, 5.74) is -0.484. The van der Waals surface area contributed by atoms with Gasteiger partial charge in [-0.25, -0.2) is 4.79 Å². The largest absolute Gasteiger partial charge is 0.443 e. The van der Waals surface area contributed by atoms with Gasteiger partial charge in [-0.1, -0.05) is 18.2 Å². The van der Waals surface area contributed by atoms with Crippen LogP contribution >= 0.6 is 0 Å². The number of rotatable bonds is 3. The molecule has 0 aromatic heterocycles. The lowest BCUT2D eigenvalue weighted by Crippen LogP contribution is -2.43. The molecular weight excluding hydrogens is 347 g/mol. The molecule has 0 saturated carbocycles. The Morgan fingerprint density at radius 2 is 1.92 bits per heavy atom. The van der Waals surface area contributed by atoms with Crippen LogP contribution in [0.4, 0.5) is 18.0 Å². The number of amides is 1. The molecule has 2 rings (SSSR count). The van der Waals surface area contributed by atoms with Crippen molar-refractivity contribution < 1.29 is 27.9 Å². The first kappa shape index (κ1) is 20.3. The van der Waals surface area contributed by atoms with Crippen molar-refractivity contribution in [2.75, 3.05) is 0 Å². The minimum Gasteiger partial charge on any atom is -0.443 e. The molecule has 4 nitrogen and oxygen atoms in total. The van der Waals surface area contributed by atoms with Crippen molar-refractivity contribution in [2.24, 2.45) is 0 Å². The molecule has 0 fully saturated rings. The van der Waals surface area contributed by atoms with E-state index in [0.717, 1.165) is 25.3 Å². The van der Waals surface area contributed by atoms with Gasteiger partial charge in [0, 0.05) is 0 Å². The third-order valence-electron chi connectivity index (χ3n) is 4.20. The van der Waals surface area contributed by atoms with Gasteiger partial charge >= 0.3 is 12.3 Å². The highest BCUT2D eigenvalue weighted by molar-refractivity contribution is 5.70. The Morgan fingerprint density at radius 1 is 1.23 bits per heavy atom. The number of carbonyl (C=O) groups excluding carboxylic acids is 1. The first-order chi connectivity index (χ1) is 12.0. The van der Waals surface area contributed by atoms with Gasteiger partial charge in [0.2, 0.25) is 0 Å². The molecule has 0 spiro atoms. The van der Waals surface area contributed by atoms with Crippen molar-refractivity contribution >= 4 is 11.7 Å². The predicted molar refractivity (Wildman–Crippen MR) is 91.5 cm³/mol. The van der Waals surface area contributed by atoms with Gasteiger partial charge in [-0.2, -0.15) is 18.2 Å². The zero-order valence-electron chi connectivity index (χ0n) is 15.2. The second kappa shape index (κ2) is 7.70. The molecule has 0 heterocycles. The predicted octanol–water partition coefficient (Wildman–Crippen LogP) is 5.79. The molecule has 1 amide bonds. The minimum absolute atomic E-state index is 0.186. The molecule has 26 heavy (non-hydrogen) atoms. The van der Waals surface area contributed by atoms with Gasteiger partial charge in [0.1, 0.15) is 6.61 Å². The summed E-state index contributed by atoms with van der Waals surface area (Å²) in [6.07, 6.45) is -0.368. The van der Waals surface area contributed by atoms with E-state index < -0.39 is 23.4 Å². The first-order valence-corrected chi connectivity index (χ1v) is 8.55. The number of halogens is 3. The fourth-order valence-corrected chi connectivity index (χ4v) is 2.76. The van der Waals surface area contributed by atoms with Crippen LogP contribution in [0.3, 0.4) is 0 Å². The maximum absolute atomic E-state index is 13.5. The average Bonchev–Trinajstić information content (AvgIpc) is 2.58. The van der Waals surface area contributed by atoms with E-state index in [0.29, 0.717) is 17.1 Å². The molecule has 0 atom stereocenters. The molecule has 0 radical (unpaired) electrons. The zero-order chi connectivity index (χ0) is 19.5. The topological polar surface area (TPSA) is 49.8 Å². The van der Waals surface area contributed by atoms with Gasteiger partial charge in [0.15, 0.2) is 0 Å². The third kappa shape index (κ3) is 5.00. The Balaban J connectivity index is 2.21. The molecule has 0 saturated heterocycles. The quantitative estimate of drug-likeness (QED) is 0.540. The molecule has 1 aliphatic rings. The number of hydrogen-bond acceptors (Lipinski definition) is 3. The van der Waals surface area contributed by atoms with Gasteiger partial charge < -0.3 is 4.74 Å². The Kier molecular flexibility index (Phi) is 6.01. The molecular formula is C19H24F3NO3. The molecule has 7 heteroatoms. The Hall–Kier alpha value is -2.02. The van der Waals surface area contributed by atoms with Crippen molar-refractivity contribution in [3.8, 4) is 0 Å². The van der Waals surface area contributed by atoms with Gasteiger partial charge in [0.25, 0.3) is 0 Å². The highest BCUT2D eigenvalue weighted by Crippen LogP contribution is 2.38. The fraction of sp³-hybridized carbons (Fsp3) is 0.526. The second-order valence-electron chi connectivity index (χ2n) is 7.39. The standard InChI is InChI=1S/C19H24F3NO3/c1-18(2,3)23(25)17(24)26-12-13-9-10-15(14-7-5-4-6-8-14)16(11-13)19(20,21)22/h7,9-11,25H,4-6,8,12H2,1-3H3. The smallest absolute Gasteiger partial charge is 0.434 e. The van der Waals surface area contributed by atoms with Crippen LogP contribution < -0.4 is 0 Å². The SMILES string of the molecule is CC(C)(C)N(O)C(=O)OCc1ccc(C2=CCCCC2)c(C(F)(F)F)c1. The Labute approximate surface area is 151 Å². The number of hydroxylamine groups is 2. The highest BCUT2D eigenvalue weighted by Gasteiger charge is 2.34. The lowest BCUT2D eigenvalue weighted by molar-refractivity contribution is -0.138. The maximum Gasteiger partial charge on any atom is 0.434 e. The number of benzene rings is 1. The maximum atomic E-state index is 13.5. The van der Waals surface area contributed by atoms with Crippen molar-refractivity contribution in [2.45, 2.75) is 64.8 Å². The summed E-state index contributed by atoms with van der Waals surface area (Å²) in [5, 5.41) is 10.1. The van der Waals surface area contributed by atoms with Crippen LogP contribution in [0.5, 0.6) is 0 Å². The summed E-state index contributed by atoms with van der Waals surface area (Å²) < 4.78 is 45.4. The summed E-state index contributed by atoms with van der Waals surface area (Å²) in [5.74, 6) is 0. The summed E-state index contributed by atoms with van der Waals surface area (Å²) in [6, 6.07) is 3.96. The summed E-state index contributed by atoms with van der Waals surface area (Å²) in [6.45, 7) is 4.45. The molecule has 0 unspecified atom stereocenters. The van der Waals surface area contributed by atoms with E-state index in [1.54, 1.807) is 20.8 Å². The van der Waals surface area contributed by atoms with E-state index in [9.17, 15) is 23.2 Å². The van der Waals surface area contributed by atoms with E-state index in [1.807, 2.05) is 6.08 Å². The Morgan fingerprint density at radius 3 is 2.46 bits per heavy atom. The van der Waals surface area contributed by atoms with Gasteiger partial charge in [-0.15, -0.1) is 0 Å². The molecule has 1 aromatic carbocycles. The number of nitrogens with zero attached hydrogens (tertiary/aromatic N) is 1. The average molecular weight is 371 g/mol. The number of allylic oxidation sites excluding steroid dienone is 2. The van der Waals surface area contributed by atoms with Crippen LogP contribution in [0.25, 0.3) is 5.57 Å². The lowest BCUT2D eigenvalue weighted by Gasteiger charge is -2.28. The lowest BCUT2D eigenvalue weighted by atomic mass is 9.90. The van der Waals surface area contributed by atoms with Crippen LogP contribution in [0.15, 0.2) is 24.3 Å². The first-order valence-electron chi connectivity index (χ1n) is 8.55. The fourth-order valence-electron chi connectivity index (χ4n) is 2.76. The van der Waals surface area contributed by atoms with E-state index in [4.69, 9.17) is 4.74 Å².